The Hall–Kier alpha value is -2.34. The van der Waals surface area contributed by atoms with Crippen LogP contribution < -0.4 is 15.4 Å². The maximum Gasteiger partial charge on any atom is 0.261 e. The molecule has 0 aliphatic heterocycles. The Bertz CT molecular complexity index is 668. The highest BCUT2D eigenvalue weighted by molar-refractivity contribution is 7.12. The second kappa shape index (κ2) is 8.33. The average Bonchev–Trinajstić information content (AvgIpc) is 3.07. The van der Waals surface area contributed by atoms with Gasteiger partial charge in [0.25, 0.3) is 11.8 Å². The van der Waals surface area contributed by atoms with Crippen molar-refractivity contribution in [2.45, 2.75) is 13.8 Å². The third-order valence-electron chi connectivity index (χ3n) is 3.33. The predicted molar refractivity (Wildman–Crippen MR) is 91.1 cm³/mol. The molecule has 23 heavy (non-hydrogen) atoms. The van der Waals surface area contributed by atoms with Crippen molar-refractivity contribution in [1.82, 2.24) is 10.6 Å². The molecule has 5 nitrogen and oxygen atoms in total. The second-order valence-electron chi connectivity index (χ2n) is 5.12. The van der Waals surface area contributed by atoms with Gasteiger partial charge >= 0.3 is 0 Å². The fourth-order valence-electron chi connectivity index (χ4n) is 1.88. The Morgan fingerprint density at radius 3 is 2.57 bits per heavy atom. The summed E-state index contributed by atoms with van der Waals surface area (Å²) in [7, 11) is 0. The van der Waals surface area contributed by atoms with Gasteiger partial charge in [-0.1, -0.05) is 12.1 Å². The SMILES string of the molecule is Cc1ccc(OCC(=O)NCCNC(=O)c2cccs2)cc1C. The molecular formula is C17H20N2O3S. The monoisotopic (exact) mass is 332 g/mol. The van der Waals surface area contributed by atoms with E-state index in [9.17, 15) is 9.59 Å². The number of aryl methyl sites for hydroxylation is 2. The summed E-state index contributed by atoms with van der Waals surface area (Å²) in [4.78, 5) is 24.0. The number of ether oxygens (including phenoxy) is 1. The number of hydrogen-bond donors (Lipinski definition) is 2. The van der Waals surface area contributed by atoms with Gasteiger partial charge in [0.1, 0.15) is 5.75 Å². The molecule has 2 rings (SSSR count). The van der Waals surface area contributed by atoms with E-state index in [1.165, 1.54) is 16.9 Å². The van der Waals surface area contributed by atoms with Crippen LogP contribution >= 0.6 is 11.3 Å². The molecule has 0 saturated carbocycles. The quantitative estimate of drug-likeness (QED) is 0.765. The summed E-state index contributed by atoms with van der Waals surface area (Å²) in [5.74, 6) is 0.337. The summed E-state index contributed by atoms with van der Waals surface area (Å²) in [5.41, 5.74) is 2.31. The van der Waals surface area contributed by atoms with Crippen LogP contribution in [0.5, 0.6) is 5.75 Å². The van der Waals surface area contributed by atoms with Gasteiger partial charge < -0.3 is 15.4 Å². The maximum atomic E-state index is 11.7. The fourth-order valence-corrected chi connectivity index (χ4v) is 2.52. The van der Waals surface area contributed by atoms with Crippen LogP contribution in [-0.4, -0.2) is 31.5 Å². The number of nitrogens with one attached hydrogen (secondary N) is 2. The molecular weight excluding hydrogens is 312 g/mol. The van der Waals surface area contributed by atoms with E-state index in [4.69, 9.17) is 4.74 Å². The van der Waals surface area contributed by atoms with Crippen LogP contribution in [0.3, 0.4) is 0 Å². The number of carbonyl (C=O) groups is 2. The molecule has 2 aromatic rings. The Balaban J connectivity index is 1.63. The second-order valence-corrected chi connectivity index (χ2v) is 6.07. The molecule has 0 fully saturated rings. The first-order valence-corrected chi connectivity index (χ1v) is 8.22. The Kier molecular flexibility index (Phi) is 6.17. The number of rotatable bonds is 7. The average molecular weight is 332 g/mol. The largest absolute Gasteiger partial charge is 0.484 e. The molecule has 0 atom stereocenters. The van der Waals surface area contributed by atoms with E-state index in [1.54, 1.807) is 6.07 Å². The summed E-state index contributed by atoms with van der Waals surface area (Å²) in [5, 5.41) is 7.30. The van der Waals surface area contributed by atoms with E-state index in [2.05, 4.69) is 10.6 Å². The van der Waals surface area contributed by atoms with Crippen LogP contribution in [0.2, 0.25) is 0 Å². The lowest BCUT2D eigenvalue weighted by molar-refractivity contribution is -0.123. The molecule has 2 N–H and O–H groups in total. The minimum atomic E-state index is -0.214. The van der Waals surface area contributed by atoms with Gasteiger partial charge in [0.05, 0.1) is 4.88 Å². The van der Waals surface area contributed by atoms with E-state index in [-0.39, 0.29) is 18.4 Å². The minimum absolute atomic E-state index is 0.0403. The van der Waals surface area contributed by atoms with Crippen molar-refractivity contribution < 1.29 is 14.3 Å². The van der Waals surface area contributed by atoms with Gasteiger partial charge in [0.15, 0.2) is 6.61 Å². The summed E-state index contributed by atoms with van der Waals surface area (Å²) >= 11 is 1.38. The number of thiophene rings is 1. The molecule has 0 aliphatic rings. The first-order chi connectivity index (χ1) is 11.1. The topological polar surface area (TPSA) is 67.4 Å². The third-order valence-corrected chi connectivity index (χ3v) is 4.19. The highest BCUT2D eigenvalue weighted by Crippen LogP contribution is 2.16. The smallest absolute Gasteiger partial charge is 0.261 e. The summed E-state index contributed by atoms with van der Waals surface area (Å²) in [6.45, 7) is 4.73. The highest BCUT2D eigenvalue weighted by Gasteiger charge is 2.06. The molecule has 6 heteroatoms. The van der Waals surface area contributed by atoms with Crippen LogP contribution in [0.1, 0.15) is 20.8 Å². The van der Waals surface area contributed by atoms with Gasteiger partial charge in [-0.2, -0.15) is 0 Å². The van der Waals surface area contributed by atoms with Crippen LogP contribution in [0.15, 0.2) is 35.7 Å². The predicted octanol–water partition coefficient (Wildman–Crippen LogP) is 2.29. The number of hydrogen-bond acceptors (Lipinski definition) is 4. The van der Waals surface area contributed by atoms with E-state index in [0.29, 0.717) is 23.7 Å². The molecule has 1 aromatic heterocycles. The Morgan fingerprint density at radius 2 is 1.87 bits per heavy atom. The van der Waals surface area contributed by atoms with Crippen molar-refractivity contribution in [3.63, 3.8) is 0 Å². The molecule has 2 amide bonds. The molecule has 0 radical (unpaired) electrons. The fraction of sp³-hybridized carbons (Fsp3) is 0.294. The highest BCUT2D eigenvalue weighted by atomic mass is 32.1. The molecule has 0 unspecified atom stereocenters. The molecule has 0 bridgehead atoms. The minimum Gasteiger partial charge on any atom is -0.484 e. The van der Waals surface area contributed by atoms with Gasteiger partial charge in [0, 0.05) is 13.1 Å². The van der Waals surface area contributed by atoms with Crippen LogP contribution in [0.4, 0.5) is 0 Å². The Labute approximate surface area is 139 Å². The molecule has 1 heterocycles. The summed E-state index contributed by atoms with van der Waals surface area (Å²) < 4.78 is 5.44. The summed E-state index contributed by atoms with van der Waals surface area (Å²) in [6.07, 6.45) is 0. The van der Waals surface area contributed by atoms with E-state index < -0.39 is 0 Å². The molecule has 1 aromatic carbocycles. The Morgan fingerprint density at radius 1 is 1.09 bits per heavy atom. The van der Waals surface area contributed by atoms with E-state index in [1.807, 2.05) is 43.5 Å². The van der Waals surface area contributed by atoms with Gasteiger partial charge in [-0.25, -0.2) is 0 Å². The van der Waals surface area contributed by atoms with Gasteiger partial charge in [0.2, 0.25) is 0 Å². The summed E-state index contributed by atoms with van der Waals surface area (Å²) in [6, 6.07) is 9.30. The van der Waals surface area contributed by atoms with Gasteiger partial charge in [-0.3, -0.25) is 9.59 Å². The van der Waals surface area contributed by atoms with Crippen molar-refractivity contribution >= 4 is 23.2 Å². The van der Waals surface area contributed by atoms with E-state index >= 15 is 0 Å². The van der Waals surface area contributed by atoms with Crippen LogP contribution in [-0.2, 0) is 4.79 Å². The molecule has 0 aliphatic carbocycles. The molecule has 0 saturated heterocycles. The van der Waals surface area contributed by atoms with Crippen molar-refractivity contribution in [3.05, 3.63) is 51.7 Å². The van der Waals surface area contributed by atoms with Crippen LogP contribution in [0.25, 0.3) is 0 Å². The lowest BCUT2D eigenvalue weighted by atomic mass is 10.1. The first kappa shape index (κ1) is 17.0. The number of carbonyl (C=O) groups excluding carboxylic acids is 2. The first-order valence-electron chi connectivity index (χ1n) is 7.34. The zero-order valence-electron chi connectivity index (χ0n) is 13.2. The van der Waals surface area contributed by atoms with Crippen molar-refractivity contribution in [1.29, 1.82) is 0 Å². The zero-order valence-corrected chi connectivity index (χ0v) is 14.0. The lowest BCUT2D eigenvalue weighted by Gasteiger charge is -2.09. The third kappa shape index (κ3) is 5.41. The van der Waals surface area contributed by atoms with Gasteiger partial charge in [-0.05, 0) is 48.6 Å². The van der Waals surface area contributed by atoms with Gasteiger partial charge in [-0.15, -0.1) is 11.3 Å². The van der Waals surface area contributed by atoms with E-state index in [0.717, 1.165) is 5.56 Å². The van der Waals surface area contributed by atoms with Crippen molar-refractivity contribution in [2.75, 3.05) is 19.7 Å². The normalized spacial score (nSPS) is 10.2. The van der Waals surface area contributed by atoms with Crippen molar-refractivity contribution in [2.24, 2.45) is 0 Å². The van der Waals surface area contributed by atoms with Crippen LogP contribution in [0, 0.1) is 13.8 Å². The van der Waals surface area contributed by atoms with Crippen molar-refractivity contribution in [3.8, 4) is 5.75 Å². The zero-order chi connectivity index (χ0) is 16.7. The standard InChI is InChI=1S/C17H20N2O3S/c1-12-5-6-14(10-13(12)2)22-11-16(20)18-7-8-19-17(21)15-4-3-9-23-15/h3-6,9-10H,7-8,11H2,1-2H3,(H,18,20)(H,19,21). The molecule has 0 spiro atoms. The lowest BCUT2D eigenvalue weighted by Crippen LogP contribution is -2.36. The number of amides is 2. The molecule has 122 valence electrons. The maximum absolute atomic E-state index is 11.7. The number of benzene rings is 1.